The highest BCUT2D eigenvalue weighted by Crippen LogP contribution is 2.25. The molecule has 0 radical (unpaired) electrons. The molecule has 18 heavy (non-hydrogen) atoms. The second kappa shape index (κ2) is 4.74. The fourth-order valence-electron chi connectivity index (χ4n) is 1.45. The quantitative estimate of drug-likeness (QED) is 0.906. The van der Waals surface area contributed by atoms with E-state index in [4.69, 9.17) is 0 Å². The van der Waals surface area contributed by atoms with E-state index in [9.17, 15) is 8.42 Å². The van der Waals surface area contributed by atoms with Crippen LogP contribution >= 0.6 is 11.3 Å². The molecule has 0 atom stereocenters. The van der Waals surface area contributed by atoms with Gasteiger partial charge in [-0.1, -0.05) is 6.92 Å². The number of aromatic nitrogens is 2. The fourth-order valence-corrected chi connectivity index (χ4v) is 3.82. The first kappa shape index (κ1) is 13.1. The molecule has 0 aromatic carbocycles. The maximum Gasteiger partial charge on any atom is 0.272 e. The normalized spacial score (nSPS) is 11.7. The molecular weight excluding hydrogens is 270 g/mol. The Morgan fingerprint density at radius 2 is 2.11 bits per heavy atom. The smallest absolute Gasteiger partial charge is 0.272 e. The molecule has 0 aliphatic carbocycles. The van der Waals surface area contributed by atoms with Gasteiger partial charge in [-0.05, 0) is 32.4 Å². The van der Waals surface area contributed by atoms with E-state index < -0.39 is 10.0 Å². The van der Waals surface area contributed by atoms with Gasteiger partial charge in [0, 0.05) is 16.1 Å². The Morgan fingerprint density at radius 1 is 1.39 bits per heavy atom. The summed E-state index contributed by atoms with van der Waals surface area (Å²) < 4.78 is 27.1. The number of sulfonamides is 1. The average molecular weight is 285 g/mol. The Bertz CT molecular complexity index is 656. The van der Waals surface area contributed by atoms with Crippen molar-refractivity contribution in [2.24, 2.45) is 0 Å². The number of anilines is 1. The summed E-state index contributed by atoms with van der Waals surface area (Å²) in [6.45, 7) is 5.67. The van der Waals surface area contributed by atoms with Crippen LogP contribution in [0.2, 0.25) is 0 Å². The van der Waals surface area contributed by atoms with Crippen LogP contribution in [0.4, 0.5) is 5.82 Å². The molecule has 0 unspecified atom stereocenters. The number of hydrogen-bond donors (Lipinski definition) is 2. The van der Waals surface area contributed by atoms with Crippen LogP contribution in [-0.2, 0) is 16.4 Å². The summed E-state index contributed by atoms with van der Waals surface area (Å²) in [6.07, 6.45) is 0.834. The molecule has 0 bridgehead atoms. The van der Waals surface area contributed by atoms with Crippen molar-refractivity contribution in [1.29, 1.82) is 0 Å². The SMILES string of the molecule is CCc1ccc(S(=O)(=O)Nc2n[nH]c(C)c2C)s1. The molecule has 2 heterocycles. The van der Waals surface area contributed by atoms with Gasteiger partial charge in [0.2, 0.25) is 0 Å². The number of nitrogens with zero attached hydrogens (tertiary/aromatic N) is 1. The van der Waals surface area contributed by atoms with Crippen molar-refractivity contribution in [3.05, 3.63) is 28.3 Å². The van der Waals surface area contributed by atoms with Gasteiger partial charge in [-0.2, -0.15) is 5.10 Å². The third kappa shape index (κ3) is 2.41. The van der Waals surface area contributed by atoms with Gasteiger partial charge in [0.25, 0.3) is 10.0 Å². The predicted octanol–water partition coefficient (Wildman–Crippen LogP) is 2.45. The van der Waals surface area contributed by atoms with E-state index in [1.807, 2.05) is 26.8 Å². The molecule has 98 valence electrons. The van der Waals surface area contributed by atoms with Crippen LogP contribution in [0.1, 0.15) is 23.1 Å². The standard InChI is InChI=1S/C11H15N3O2S2/c1-4-9-5-6-10(17-9)18(15,16)14-11-7(2)8(3)12-13-11/h5-6H,4H2,1-3H3,(H2,12,13,14). The minimum Gasteiger partial charge on any atom is -0.280 e. The molecule has 0 saturated heterocycles. The van der Waals surface area contributed by atoms with Gasteiger partial charge in [0.1, 0.15) is 4.21 Å². The van der Waals surface area contributed by atoms with Crippen molar-refractivity contribution < 1.29 is 8.42 Å². The van der Waals surface area contributed by atoms with Crippen molar-refractivity contribution >= 4 is 27.2 Å². The Labute approximate surface area is 110 Å². The zero-order valence-electron chi connectivity index (χ0n) is 10.4. The van der Waals surface area contributed by atoms with E-state index in [2.05, 4.69) is 14.9 Å². The fraction of sp³-hybridized carbons (Fsp3) is 0.364. The van der Waals surface area contributed by atoms with Crippen LogP contribution in [0.3, 0.4) is 0 Å². The largest absolute Gasteiger partial charge is 0.280 e. The van der Waals surface area contributed by atoms with E-state index in [0.717, 1.165) is 22.6 Å². The number of aryl methyl sites for hydroxylation is 2. The molecule has 2 rings (SSSR count). The van der Waals surface area contributed by atoms with Crippen LogP contribution in [0, 0.1) is 13.8 Å². The minimum absolute atomic E-state index is 0.319. The van der Waals surface area contributed by atoms with Crippen molar-refractivity contribution in [2.75, 3.05) is 4.72 Å². The highest BCUT2D eigenvalue weighted by Gasteiger charge is 2.19. The van der Waals surface area contributed by atoms with E-state index in [1.54, 1.807) is 6.07 Å². The van der Waals surface area contributed by atoms with Crippen LogP contribution in [0.15, 0.2) is 16.3 Å². The summed E-state index contributed by atoms with van der Waals surface area (Å²) >= 11 is 1.28. The number of H-pyrrole nitrogens is 1. The van der Waals surface area contributed by atoms with E-state index in [1.165, 1.54) is 11.3 Å². The van der Waals surface area contributed by atoms with Gasteiger partial charge in [-0.15, -0.1) is 11.3 Å². The van der Waals surface area contributed by atoms with Gasteiger partial charge >= 0.3 is 0 Å². The Morgan fingerprint density at radius 3 is 2.61 bits per heavy atom. The number of nitrogens with one attached hydrogen (secondary N) is 2. The molecule has 0 amide bonds. The molecular formula is C11H15N3O2S2. The first-order valence-corrected chi connectivity index (χ1v) is 7.87. The molecule has 0 fully saturated rings. The molecule has 0 aliphatic rings. The highest BCUT2D eigenvalue weighted by atomic mass is 32.2. The van der Waals surface area contributed by atoms with E-state index in [-0.39, 0.29) is 0 Å². The van der Waals surface area contributed by atoms with Crippen LogP contribution in [0.25, 0.3) is 0 Å². The highest BCUT2D eigenvalue weighted by molar-refractivity contribution is 7.94. The van der Waals surface area contributed by atoms with Gasteiger partial charge in [0.15, 0.2) is 5.82 Å². The monoisotopic (exact) mass is 285 g/mol. The maximum absolute atomic E-state index is 12.1. The number of thiophene rings is 1. The van der Waals surface area contributed by atoms with Crippen molar-refractivity contribution in [1.82, 2.24) is 10.2 Å². The molecule has 7 heteroatoms. The lowest BCUT2D eigenvalue weighted by Crippen LogP contribution is -2.12. The first-order valence-electron chi connectivity index (χ1n) is 5.57. The molecule has 2 aromatic rings. The van der Waals surface area contributed by atoms with Gasteiger partial charge in [0.05, 0.1) is 0 Å². The van der Waals surface area contributed by atoms with Crippen LogP contribution in [-0.4, -0.2) is 18.6 Å². The zero-order valence-corrected chi connectivity index (χ0v) is 12.1. The van der Waals surface area contributed by atoms with E-state index in [0.29, 0.717) is 10.0 Å². The van der Waals surface area contributed by atoms with E-state index >= 15 is 0 Å². The van der Waals surface area contributed by atoms with Gasteiger partial charge in [-0.25, -0.2) is 8.42 Å². The molecule has 2 N–H and O–H groups in total. The lowest BCUT2D eigenvalue weighted by molar-refractivity contribution is 0.603. The predicted molar refractivity (Wildman–Crippen MR) is 72.6 cm³/mol. The lowest BCUT2D eigenvalue weighted by Gasteiger charge is -2.03. The molecule has 0 spiro atoms. The summed E-state index contributed by atoms with van der Waals surface area (Å²) in [5.41, 5.74) is 1.67. The second-order valence-electron chi connectivity index (χ2n) is 4.00. The third-order valence-corrected chi connectivity index (χ3v) is 5.79. The average Bonchev–Trinajstić information content (AvgIpc) is 2.91. The lowest BCUT2D eigenvalue weighted by atomic mass is 10.3. The van der Waals surface area contributed by atoms with Gasteiger partial charge in [-0.3, -0.25) is 9.82 Å². The summed E-state index contributed by atoms with van der Waals surface area (Å²) in [6, 6.07) is 3.46. The molecule has 2 aromatic heterocycles. The summed E-state index contributed by atoms with van der Waals surface area (Å²) in [4.78, 5) is 1.05. The van der Waals surface area contributed by atoms with Crippen LogP contribution < -0.4 is 4.72 Å². The summed E-state index contributed by atoms with van der Waals surface area (Å²) in [7, 11) is -3.53. The third-order valence-electron chi connectivity index (χ3n) is 2.73. The van der Waals surface area contributed by atoms with Gasteiger partial charge < -0.3 is 0 Å². The summed E-state index contributed by atoms with van der Waals surface area (Å²) in [5.74, 6) is 0.360. The number of aromatic amines is 1. The number of hydrogen-bond acceptors (Lipinski definition) is 4. The number of rotatable bonds is 4. The maximum atomic E-state index is 12.1. The Hall–Kier alpha value is -1.34. The van der Waals surface area contributed by atoms with Crippen molar-refractivity contribution in [2.45, 2.75) is 31.4 Å². The topological polar surface area (TPSA) is 74.8 Å². The molecule has 0 aliphatic heterocycles. The molecule has 0 saturated carbocycles. The van der Waals surface area contributed by atoms with Crippen LogP contribution in [0.5, 0.6) is 0 Å². The zero-order chi connectivity index (χ0) is 13.3. The minimum atomic E-state index is -3.53. The Balaban J connectivity index is 2.30. The summed E-state index contributed by atoms with van der Waals surface area (Å²) in [5, 5.41) is 6.70. The molecule has 5 nitrogen and oxygen atoms in total. The van der Waals surface area contributed by atoms with Crippen molar-refractivity contribution in [3.8, 4) is 0 Å². The Kier molecular flexibility index (Phi) is 3.45. The van der Waals surface area contributed by atoms with Crippen molar-refractivity contribution in [3.63, 3.8) is 0 Å². The second-order valence-corrected chi connectivity index (χ2v) is 7.08. The first-order chi connectivity index (χ1) is 8.44.